The third kappa shape index (κ3) is 5.58. The van der Waals surface area contributed by atoms with Crippen molar-refractivity contribution in [3.63, 3.8) is 0 Å². The van der Waals surface area contributed by atoms with Gasteiger partial charge in [0.1, 0.15) is 24.7 Å². The number of hydrogen-bond donors (Lipinski definition) is 2. The van der Waals surface area contributed by atoms with E-state index in [4.69, 9.17) is 20.5 Å². The first-order chi connectivity index (χ1) is 14.7. The molecule has 0 spiro atoms. The van der Waals surface area contributed by atoms with Crippen LogP contribution in [0, 0.1) is 11.3 Å². The van der Waals surface area contributed by atoms with Crippen LogP contribution in [0.2, 0.25) is 0 Å². The first-order valence-corrected chi connectivity index (χ1v) is 9.46. The van der Waals surface area contributed by atoms with Gasteiger partial charge in [0.2, 0.25) is 0 Å². The Morgan fingerprint density at radius 3 is 2.65 bits per heavy atom. The molecule has 2 atom stereocenters. The number of ether oxygens (including phenoxy) is 2. The van der Waals surface area contributed by atoms with Crippen LogP contribution in [-0.4, -0.2) is 31.5 Å². The Bertz CT molecular complexity index is 973. The van der Waals surface area contributed by atoms with Crippen molar-refractivity contribution in [2.45, 2.75) is 32.0 Å². The smallest absolute Gasteiger partial charge is 0.417 e. The van der Waals surface area contributed by atoms with Crippen LogP contribution in [0.5, 0.6) is 5.75 Å². The predicted octanol–water partition coefficient (Wildman–Crippen LogP) is 3.38. The van der Waals surface area contributed by atoms with Crippen LogP contribution >= 0.6 is 0 Å². The number of urea groups is 1. The summed E-state index contributed by atoms with van der Waals surface area (Å²) < 4.78 is 51.3. The van der Waals surface area contributed by atoms with Gasteiger partial charge in [-0.3, -0.25) is 0 Å². The predicted molar refractivity (Wildman–Crippen MR) is 106 cm³/mol. The third-order valence-corrected chi connectivity index (χ3v) is 4.82. The van der Waals surface area contributed by atoms with Gasteiger partial charge in [0.25, 0.3) is 0 Å². The van der Waals surface area contributed by atoms with Gasteiger partial charge in [-0.1, -0.05) is 12.1 Å². The lowest BCUT2D eigenvalue weighted by atomic mass is 10.1. The molecular weight excluding hydrogens is 413 g/mol. The summed E-state index contributed by atoms with van der Waals surface area (Å²) in [5.41, 5.74) is 4.83. The standard InChI is InChI=1S/C21H21F3N4O3/c1-13-28(16-5-4-15(9-25)19(8-16)21(22,23)24)11-18(31-13)12-30-17-6-2-14(3-7-17)10-27-20(26)29/h2-8,13,18H,10-12H2,1H3,(H3,26,27,29)/t13-,18+/m1/s1. The van der Waals surface area contributed by atoms with Gasteiger partial charge in [-0.25, -0.2) is 4.79 Å². The Balaban J connectivity index is 1.61. The molecule has 1 aliphatic rings. The second-order valence-electron chi connectivity index (χ2n) is 7.02. The van der Waals surface area contributed by atoms with Crippen LogP contribution < -0.4 is 20.7 Å². The summed E-state index contributed by atoms with van der Waals surface area (Å²) in [4.78, 5) is 12.4. The summed E-state index contributed by atoms with van der Waals surface area (Å²) in [6, 6.07) is 11.6. The maximum Gasteiger partial charge on any atom is 0.417 e. The molecule has 0 aliphatic carbocycles. The van der Waals surface area contributed by atoms with E-state index < -0.39 is 29.6 Å². The van der Waals surface area contributed by atoms with E-state index in [1.54, 1.807) is 42.2 Å². The van der Waals surface area contributed by atoms with Crippen molar-refractivity contribution in [2.24, 2.45) is 5.73 Å². The number of nitrogens with one attached hydrogen (secondary N) is 1. The number of halogens is 3. The molecule has 2 amide bonds. The van der Waals surface area contributed by atoms with Crippen molar-refractivity contribution >= 4 is 11.7 Å². The van der Waals surface area contributed by atoms with Gasteiger partial charge >= 0.3 is 12.2 Å². The lowest BCUT2D eigenvalue weighted by Crippen LogP contribution is -2.29. The molecule has 7 nitrogen and oxygen atoms in total. The fourth-order valence-electron chi connectivity index (χ4n) is 3.29. The largest absolute Gasteiger partial charge is 0.491 e. The summed E-state index contributed by atoms with van der Waals surface area (Å²) in [6.45, 7) is 2.59. The zero-order chi connectivity index (χ0) is 22.6. The average molecular weight is 434 g/mol. The maximum atomic E-state index is 13.3. The molecule has 3 N–H and O–H groups in total. The molecule has 2 aromatic rings. The first kappa shape index (κ1) is 22.2. The number of benzene rings is 2. The number of carbonyl (C=O) groups excluding carboxylic acids is 1. The highest BCUT2D eigenvalue weighted by Crippen LogP contribution is 2.36. The number of rotatable bonds is 6. The van der Waals surface area contributed by atoms with Crippen molar-refractivity contribution < 1.29 is 27.4 Å². The topological polar surface area (TPSA) is 101 Å². The fourth-order valence-corrected chi connectivity index (χ4v) is 3.29. The second kappa shape index (κ2) is 9.14. The van der Waals surface area contributed by atoms with E-state index in [1.807, 2.05) is 0 Å². The molecule has 1 saturated heterocycles. The number of amides is 2. The average Bonchev–Trinajstić information content (AvgIpc) is 3.11. The van der Waals surface area contributed by atoms with Gasteiger partial charge in [0, 0.05) is 12.2 Å². The zero-order valence-electron chi connectivity index (χ0n) is 16.6. The lowest BCUT2D eigenvalue weighted by molar-refractivity contribution is -0.137. The highest BCUT2D eigenvalue weighted by atomic mass is 19.4. The SMILES string of the molecule is C[C@H]1O[C@H](COc2ccc(CNC(N)=O)cc2)CN1c1ccc(C#N)c(C(F)(F)F)c1. The Kier molecular flexibility index (Phi) is 6.56. The van der Waals surface area contributed by atoms with Crippen LogP contribution in [0.25, 0.3) is 0 Å². The van der Waals surface area contributed by atoms with Gasteiger partial charge in [0.05, 0.1) is 23.7 Å². The summed E-state index contributed by atoms with van der Waals surface area (Å²) in [7, 11) is 0. The molecule has 0 aromatic heterocycles. The zero-order valence-corrected chi connectivity index (χ0v) is 16.6. The summed E-state index contributed by atoms with van der Waals surface area (Å²) in [5, 5.41) is 11.4. The molecule has 31 heavy (non-hydrogen) atoms. The summed E-state index contributed by atoms with van der Waals surface area (Å²) in [6.07, 6.45) is -5.42. The molecule has 0 unspecified atom stereocenters. The molecule has 1 fully saturated rings. The van der Waals surface area contributed by atoms with Crippen molar-refractivity contribution in [3.8, 4) is 11.8 Å². The number of primary amides is 1. The molecule has 3 rings (SSSR count). The van der Waals surface area contributed by atoms with Crippen LogP contribution in [0.4, 0.5) is 23.7 Å². The Labute approximate surface area is 177 Å². The van der Waals surface area contributed by atoms with E-state index in [1.165, 1.54) is 12.1 Å². The lowest BCUT2D eigenvalue weighted by Gasteiger charge is -2.23. The van der Waals surface area contributed by atoms with Crippen molar-refractivity contribution in [1.29, 1.82) is 5.26 Å². The summed E-state index contributed by atoms with van der Waals surface area (Å²) >= 11 is 0. The van der Waals surface area contributed by atoms with Crippen molar-refractivity contribution in [2.75, 3.05) is 18.1 Å². The van der Waals surface area contributed by atoms with E-state index in [0.29, 0.717) is 24.5 Å². The Morgan fingerprint density at radius 2 is 2.03 bits per heavy atom. The van der Waals surface area contributed by atoms with E-state index in [9.17, 15) is 18.0 Å². The third-order valence-electron chi connectivity index (χ3n) is 4.82. The number of anilines is 1. The van der Waals surface area contributed by atoms with Gasteiger partial charge in [-0.05, 0) is 42.8 Å². The number of alkyl halides is 3. The number of nitrogens with two attached hydrogens (primary N) is 1. The molecule has 1 heterocycles. The molecular formula is C21H21F3N4O3. The minimum Gasteiger partial charge on any atom is -0.491 e. The number of nitriles is 1. The highest BCUT2D eigenvalue weighted by molar-refractivity contribution is 5.71. The number of hydrogen-bond acceptors (Lipinski definition) is 5. The minimum atomic E-state index is -4.62. The van der Waals surface area contributed by atoms with E-state index >= 15 is 0 Å². The van der Waals surface area contributed by atoms with Gasteiger partial charge in [-0.2, -0.15) is 18.4 Å². The normalized spacial score (nSPS) is 18.5. The van der Waals surface area contributed by atoms with Gasteiger partial charge in [0.15, 0.2) is 0 Å². The van der Waals surface area contributed by atoms with Crippen molar-refractivity contribution in [3.05, 3.63) is 59.2 Å². The molecule has 0 radical (unpaired) electrons. The Morgan fingerprint density at radius 1 is 1.32 bits per heavy atom. The van der Waals surface area contributed by atoms with Gasteiger partial charge < -0.3 is 25.4 Å². The minimum absolute atomic E-state index is 0.210. The second-order valence-corrected chi connectivity index (χ2v) is 7.02. The monoisotopic (exact) mass is 434 g/mol. The van der Waals surface area contributed by atoms with E-state index in [2.05, 4.69) is 5.32 Å². The molecule has 0 saturated carbocycles. The van der Waals surface area contributed by atoms with Crippen LogP contribution in [0.3, 0.4) is 0 Å². The molecule has 164 valence electrons. The fraction of sp³-hybridized carbons (Fsp3) is 0.333. The van der Waals surface area contributed by atoms with E-state index in [0.717, 1.165) is 11.6 Å². The molecule has 1 aliphatic heterocycles. The molecule has 0 bridgehead atoms. The Hall–Kier alpha value is -3.45. The van der Waals surface area contributed by atoms with Crippen LogP contribution in [0.1, 0.15) is 23.6 Å². The van der Waals surface area contributed by atoms with Crippen molar-refractivity contribution in [1.82, 2.24) is 5.32 Å². The highest BCUT2D eigenvalue weighted by Gasteiger charge is 2.36. The summed E-state index contributed by atoms with van der Waals surface area (Å²) in [5.74, 6) is 0.593. The first-order valence-electron chi connectivity index (χ1n) is 9.46. The van der Waals surface area contributed by atoms with E-state index in [-0.39, 0.29) is 12.7 Å². The van der Waals surface area contributed by atoms with Gasteiger partial charge in [-0.15, -0.1) is 0 Å². The quantitative estimate of drug-likeness (QED) is 0.726. The molecule has 10 heteroatoms. The number of carbonyl (C=O) groups is 1. The van der Waals surface area contributed by atoms with Crippen LogP contribution in [0.15, 0.2) is 42.5 Å². The van der Waals surface area contributed by atoms with Crippen LogP contribution in [-0.2, 0) is 17.5 Å². The maximum absolute atomic E-state index is 13.3. The number of nitrogens with zero attached hydrogens (tertiary/aromatic N) is 2. The molecule has 2 aromatic carbocycles.